The Bertz CT molecular complexity index is 638. The third-order valence-electron chi connectivity index (χ3n) is 3.99. The minimum absolute atomic E-state index is 0.0582. The second-order valence-corrected chi connectivity index (χ2v) is 5.68. The molecule has 1 aliphatic rings. The molecule has 0 bridgehead atoms. The van der Waals surface area contributed by atoms with E-state index in [9.17, 15) is 25.0 Å². The Balaban J connectivity index is 2.19. The van der Waals surface area contributed by atoms with E-state index in [0.717, 1.165) is 6.07 Å². The maximum absolute atomic E-state index is 12.0. The summed E-state index contributed by atoms with van der Waals surface area (Å²) in [7, 11) is 3.41. The highest BCUT2D eigenvalue weighted by atomic mass is 16.6. The van der Waals surface area contributed by atoms with Gasteiger partial charge >= 0.3 is 0 Å². The molecule has 0 radical (unpaired) electrons. The Kier molecular flexibility index (Phi) is 4.77. The SMILES string of the molecule is CN(C)C(=O)C1CCN(c2ccc([N+](=O)[O-])cc2[N+](=O)[O-])CC1. The number of piperidine rings is 1. The first-order valence-electron chi connectivity index (χ1n) is 7.20. The van der Waals surface area contributed by atoms with Gasteiger partial charge in [0.1, 0.15) is 5.69 Å². The fourth-order valence-corrected chi connectivity index (χ4v) is 2.77. The predicted octanol–water partition coefficient (Wildman–Crippen LogP) is 1.81. The maximum Gasteiger partial charge on any atom is 0.299 e. The van der Waals surface area contributed by atoms with Crippen LogP contribution in [0, 0.1) is 26.1 Å². The number of carbonyl (C=O) groups is 1. The van der Waals surface area contributed by atoms with E-state index in [0.29, 0.717) is 31.6 Å². The molecule has 0 atom stereocenters. The predicted molar refractivity (Wildman–Crippen MR) is 83.4 cm³/mol. The largest absolute Gasteiger partial charge is 0.366 e. The number of hydrogen-bond donors (Lipinski definition) is 0. The summed E-state index contributed by atoms with van der Waals surface area (Å²) in [6.45, 7) is 1.01. The number of amides is 1. The monoisotopic (exact) mass is 322 g/mol. The third kappa shape index (κ3) is 3.55. The first-order chi connectivity index (χ1) is 10.8. The lowest BCUT2D eigenvalue weighted by molar-refractivity contribution is -0.393. The topological polar surface area (TPSA) is 110 Å². The number of anilines is 1. The number of carbonyl (C=O) groups excluding carboxylic acids is 1. The Morgan fingerprint density at radius 2 is 1.78 bits per heavy atom. The van der Waals surface area contributed by atoms with Crippen molar-refractivity contribution in [2.75, 3.05) is 32.1 Å². The fraction of sp³-hybridized carbons (Fsp3) is 0.500. The summed E-state index contributed by atoms with van der Waals surface area (Å²) in [4.78, 5) is 36.0. The van der Waals surface area contributed by atoms with E-state index in [4.69, 9.17) is 0 Å². The number of non-ortho nitro benzene ring substituents is 1. The van der Waals surface area contributed by atoms with Crippen molar-refractivity contribution in [3.8, 4) is 0 Å². The van der Waals surface area contributed by atoms with Gasteiger partial charge in [0.05, 0.1) is 15.9 Å². The Morgan fingerprint density at radius 1 is 1.17 bits per heavy atom. The lowest BCUT2D eigenvalue weighted by Crippen LogP contribution is -2.40. The fourth-order valence-electron chi connectivity index (χ4n) is 2.77. The molecule has 1 heterocycles. The lowest BCUT2D eigenvalue weighted by atomic mass is 9.95. The van der Waals surface area contributed by atoms with Gasteiger partial charge in [0.2, 0.25) is 5.91 Å². The van der Waals surface area contributed by atoms with Crippen LogP contribution in [0.2, 0.25) is 0 Å². The zero-order valence-corrected chi connectivity index (χ0v) is 13.0. The molecule has 1 amide bonds. The van der Waals surface area contributed by atoms with Crippen LogP contribution >= 0.6 is 0 Å². The normalized spacial score (nSPS) is 15.3. The van der Waals surface area contributed by atoms with Gasteiger partial charge < -0.3 is 9.80 Å². The van der Waals surface area contributed by atoms with Crippen LogP contribution in [0.25, 0.3) is 0 Å². The van der Waals surface area contributed by atoms with Crippen molar-refractivity contribution in [1.82, 2.24) is 4.90 Å². The number of benzene rings is 1. The second kappa shape index (κ2) is 6.59. The van der Waals surface area contributed by atoms with Gasteiger partial charge in [0.15, 0.2) is 0 Å². The van der Waals surface area contributed by atoms with Gasteiger partial charge in [-0.2, -0.15) is 0 Å². The van der Waals surface area contributed by atoms with Crippen molar-refractivity contribution in [3.63, 3.8) is 0 Å². The molecule has 0 spiro atoms. The van der Waals surface area contributed by atoms with Gasteiger partial charge in [-0.05, 0) is 18.9 Å². The average molecular weight is 322 g/mol. The smallest absolute Gasteiger partial charge is 0.299 e. The summed E-state index contributed by atoms with van der Waals surface area (Å²) >= 11 is 0. The molecular weight excluding hydrogens is 304 g/mol. The maximum atomic E-state index is 12.0. The van der Waals surface area contributed by atoms with Crippen molar-refractivity contribution in [2.24, 2.45) is 5.92 Å². The first kappa shape index (κ1) is 16.7. The summed E-state index contributed by atoms with van der Waals surface area (Å²) in [5.41, 5.74) is -0.231. The Hall–Kier alpha value is -2.71. The summed E-state index contributed by atoms with van der Waals surface area (Å²) in [5, 5.41) is 22.0. The molecule has 0 N–H and O–H groups in total. The van der Waals surface area contributed by atoms with Crippen LogP contribution in [-0.2, 0) is 4.79 Å². The summed E-state index contributed by atoms with van der Waals surface area (Å²) < 4.78 is 0. The van der Waals surface area contributed by atoms with E-state index in [1.165, 1.54) is 12.1 Å². The van der Waals surface area contributed by atoms with E-state index in [1.807, 2.05) is 0 Å². The second-order valence-electron chi connectivity index (χ2n) is 5.68. The third-order valence-corrected chi connectivity index (χ3v) is 3.99. The van der Waals surface area contributed by atoms with Gasteiger partial charge in [0, 0.05) is 39.2 Å². The standard InChI is InChI=1S/C14H18N4O5/c1-15(2)14(19)10-5-7-16(8-6-10)12-4-3-11(17(20)21)9-13(12)18(22)23/h3-4,9-10H,5-8H2,1-2H3. The van der Waals surface area contributed by atoms with Gasteiger partial charge in [-0.25, -0.2) is 0 Å². The van der Waals surface area contributed by atoms with Crippen LogP contribution in [0.4, 0.5) is 17.1 Å². The Labute approximate surface area is 132 Å². The summed E-state index contributed by atoms with van der Waals surface area (Å²) in [6.07, 6.45) is 1.20. The zero-order valence-electron chi connectivity index (χ0n) is 13.0. The highest BCUT2D eigenvalue weighted by Crippen LogP contribution is 2.34. The molecule has 1 aromatic carbocycles. The van der Waals surface area contributed by atoms with Gasteiger partial charge in [-0.1, -0.05) is 0 Å². The Morgan fingerprint density at radius 3 is 2.26 bits per heavy atom. The number of hydrogen-bond acceptors (Lipinski definition) is 6. The molecule has 1 aliphatic heterocycles. The first-order valence-corrected chi connectivity index (χ1v) is 7.20. The van der Waals surface area contributed by atoms with E-state index in [2.05, 4.69) is 0 Å². The minimum Gasteiger partial charge on any atom is -0.366 e. The number of nitro benzene ring substituents is 2. The minimum atomic E-state index is -0.654. The van der Waals surface area contributed by atoms with Crippen molar-refractivity contribution < 1.29 is 14.6 Å². The van der Waals surface area contributed by atoms with Crippen molar-refractivity contribution in [3.05, 3.63) is 38.4 Å². The van der Waals surface area contributed by atoms with Gasteiger partial charge in [0.25, 0.3) is 11.4 Å². The van der Waals surface area contributed by atoms with Crippen LogP contribution < -0.4 is 4.90 Å². The van der Waals surface area contributed by atoms with Crippen LogP contribution in [0.15, 0.2) is 18.2 Å². The highest BCUT2D eigenvalue weighted by molar-refractivity contribution is 5.78. The molecule has 9 heteroatoms. The van der Waals surface area contributed by atoms with Crippen LogP contribution in [0.5, 0.6) is 0 Å². The molecule has 1 aromatic rings. The van der Waals surface area contributed by atoms with Crippen molar-refractivity contribution in [2.45, 2.75) is 12.8 Å². The molecule has 124 valence electrons. The summed E-state index contributed by atoms with van der Waals surface area (Å²) in [6, 6.07) is 3.65. The van der Waals surface area contributed by atoms with Crippen LogP contribution in [0.1, 0.15) is 12.8 Å². The molecule has 1 fully saturated rings. The van der Waals surface area contributed by atoms with Gasteiger partial charge in [-0.3, -0.25) is 25.0 Å². The van der Waals surface area contributed by atoms with Crippen molar-refractivity contribution >= 4 is 23.0 Å². The van der Waals surface area contributed by atoms with Crippen molar-refractivity contribution in [1.29, 1.82) is 0 Å². The van der Waals surface area contributed by atoms with E-state index in [1.54, 1.807) is 23.9 Å². The molecule has 0 unspecified atom stereocenters. The number of nitrogens with zero attached hydrogens (tertiary/aromatic N) is 4. The van der Waals surface area contributed by atoms with E-state index in [-0.39, 0.29) is 23.2 Å². The van der Waals surface area contributed by atoms with Gasteiger partial charge in [-0.15, -0.1) is 0 Å². The molecule has 9 nitrogen and oxygen atoms in total. The number of nitro groups is 2. The molecule has 0 saturated carbocycles. The number of rotatable bonds is 4. The molecule has 1 saturated heterocycles. The summed E-state index contributed by atoms with van der Waals surface area (Å²) in [5.74, 6) is -0.0267. The molecular formula is C14H18N4O5. The van der Waals surface area contributed by atoms with E-state index < -0.39 is 9.85 Å². The molecule has 2 rings (SSSR count). The molecule has 23 heavy (non-hydrogen) atoms. The van der Waals surface area contributed by atoms with Crippen LogP contribution in [-0.4, -0.2) is 47.8 Å². The lowest BCUT2D eigenvalue weighted by Gasteiger charge is -2.33. The zero-order chi connectivity index (χ0) is 17.1. The average Bonchev–Trinajstić information content (AvgIpc) is 2.53. The quantitative estimate of drug-likeness (QED) is 0.617. The molecule has 0 aliphatic carbocycles. The molecule has 0 aromatic heterocycles. The van der Waals surface area contributed by atoms with E-state index >= 15 is 0 Å². The van der Waals surface area contributed by atoms with Crippen LogP contribution in [0.3, 0.4) is 0 Å². The highest BCUT2D eigenvalue weighted by Gasteiger charge is 2.30.